The van der Waals surface area contributed by atoms with Gasteiger partial charge in [-0.25, -0.2) is 13.4 Å². The van der Waals surface area contributed by atoms with Crippen molar-refractivity contribution < 1.29 is 8.42 Å². The number of nitrogen functional groups attached to an aromatic ring is 1. The van der Waals surface area contributed by atoms with Gasteiger partial charge in [-0.1, -0.05) is 0 Å². The first kappa shape index (κ1) is 12.3. The summed E-state index contributed by atoms with van der Waals surface area (Å²) in [5.74, 6) is 5.78. The van der Waals surface area contributed by atoms with Crippen molar-refractivity contribution in [3.8, 4) is 0 Å². The highest BCUT2D eigenvalue weighted by atomic mass is 32.2. The van der Waals surface area contributed by atoms with Gasteiger partial charge >= 0.3 is 0 Å². The van der Waals surface area contributed by atoms with Gasteiger partial charge in [0.05, 0.1) is 5.69 Å². The smallest absolute Gasteiger partial charge is 0.262 e. The second kappa shape index (κ2) is 4.59. The topological polar surface area (TPSA) is 88.3 Å². The molecule has 0 unspecified atom stereocenters. The molecule has 0 spiro atoms. The molecule has 0 aromatic carbocycles. The molecule has 1 aliphatic carbocycles. The Morgan fingerprint density at radius 1 is 1.59 bits per heavy atom. The van der Waals surface area contributed by atoms with Gasteiger partial charge in [-0.2, -0.15) is 4.31 Å². The predicted molar refractivity (Wildman–Crippen MR) is 64.6 cm³/mol. The standard InChI is InChI=1S/C10H16N4O2S/c1-14(7-8-4-5-8)17(15,16)10-9(13-11)3-2-6-12-10/h2-3,6,8,13H,4-5,7,11H2,1H3. The van der Waals surface area contributed by atoms with E-state index in [2.05, 4.69) is 10.4 Å². The van der Waals surface area contributed by atoms with E-state index in [0.29, 0.717) is 18.2 Å². The van der Waals surface area contributed by atoms with Gasteiger partial charge in [0.1, 0.15) is 0 Å². The number of aromatic nitrogens is 1. The molecule has 1 aromatic rings. The van der Waals surface area contributed by atoms with Gasteiger partial charge in [0.15, 0.2) is 5.03 Å². The highest BCUT2D eigenvalue weighted by Crippen LogP contribution is 2.31. The van der Waals surface area contributed by atoms with E-state index >= 15 is 0 Å². The minimum absolute atomic E-state index is 0.0225. The van der Waals surface area contributed by atoms with Crippen molar-refractivity contribution in [3.63, 3.8) is 0 Å². The third kappa shape index (κ3) is 2.56. The Morgan fingerprint density at radius 2 is 2.29 bits per heavy atom. The van der Waals surface area contributed by atoms with E-state index in [-0.39, 0.29) is 5.03 Å². The Kier molecular flexibility index (Phi) is 3.32. The molecule has 0 atom stereocenters. The van der Waals surface area contributed by atoms with Crippen molar-refractivity contribution in [2.45, 2.75) is 17.9 Å². The zero-order valence-electron chi connectivity index (χ0n) is 9.63. The number of pyridine rings is 1. The van der Waals surface area contributed by atoms with E-state index in [0.717, 1.165) is 12.8 Å². The van der Waals surface area contributed by atoms with Gasteiger partial charge in [0.25, 0.3) is 10.0 Å². The number of sulfonamides is 1. The maximum atomic E-state index is 12.2. The number of anilines is 1. The van der Waals surface area contributed by atoms with Crippen molar-refractivity contribution in [2.24, 2.45) is 11.8 Å². The summed E-state index contributed by atoms with van der Waals surface area (Å²) in [7, 11) is -1.99. The maximum absolute atomic E-state index is 12.2. The summed E-state index contributed by atoms with van der Waals surface area (Å²) in [4.78, 5) is 3.90. The molecule has 0 saturated heterocycles. The highest BCUT2D eigenvalue weighted by Gasteiger charge is 2.31. The lowest BCUT2D eigenvalue weighted by molar-refractivity contribution is 0.450. The molecule has 1 saturated carbocycles. The van der Waals surface area contributed by atoms with Crippen molar-refractivity contribution in [1.82, 2.24) is 9.29 Å². The molecule has 1 fully saturated rings. The molecule has 2 rings (SSSR count). The monoisotopic (exact) mass is 256 g/mol. The van der Waals surface area contributed by atoms with Crippen LogP contribution in [0.1, 0.15) is 12.8 Å². The normalized spacial score (nSPS) is 16.2. The number of nitrogens with zero attached hydrogens (tertiary/aromatic N) is 2. The van der Waals surface area contributed by atoms with E-state index in [1.807, 2.05) is 0 Å². The Morgan fingerprint density at radius 3 is 2.88 bits per heavy atom. The number of nitrogens with two attached hydrogens (primary N) is 1. The van der Waals surface area contributed by atoms with Crippen LogP contribution in [-0.4, -0.2) is 31.3 Å². The van der Waals surface area contributed by atoms with Gasteiger partial charge in [-0.3, -0.25) is 5.84 Å². The molecule has 7 heteroatoms. The van der Waals surface area contributed by atoms with Gasteiger partial charge in [-0.15, -0.1) is 0 Å². The van der Waals surface area contributed by atoms with Gasteiger partial charge in [0.2, 0.25) is 0 Å². The van der Waals surface area contributed by atoms with Crippen molar-refractivity contribution in [2.75, 3.05) is 19.0 Å². The van der Waals surface area contributed by atoms with E-state index < -0.39 is 10.0 Å². The molecule has 17 heavy (non-hydrogen) atoms. The number of hydrogen-bond donors (Lipinski definition) is 2. The van der Waals surface area contributed by atoms with E-state index in [1.54, 1.807) is 19.2 Å². The summed E-state index contributed by atoms with van der Waals surface area (Å²) in [5.41, 5.74) is 2.67. The second-order valence-corrected chi connectivity index (χ2v) is 6.19. The zero-order valence-corrected chi connectivity index (χ0v) is 10.4. The van der Waals surface area contributed by atoms with Gasteiger partial charge in [-0.05, 0) is 30.9 Å². The lowest BCUT2D eigenvalue weighted by Gasteiger charge is -2.17. The maximum Gasteiger partial charge on any atom is 0.262 e. The van der Waals surface area contributed by atoms with Crippen molar-refractivity contribution in [3.05, 3.63) is 18.3 Å². The lowest BCUT2D eigenvalue weighted by Crippen LogP contribution is -2.30. The molecule has 6 nitrogen and oxygen atoms in total. The van der Waals surface area contributed by atoms with Crippen LogP contribution in [-0.2, 0) is 10.0 Å². The Bertz CT molecular complexity index is 499. The Balaban J connectivity index is 2.29. The van der Waals surface area contributed by atoms with Crippen LogP contribution in [0.3, 0.4) is 0 Å². The molecule has 0 aliphatic heterocycles. The predicted octanol–water partition coefficient (Wildman–Crippen LogP) is 0.398. The van der Waals surface area contributed by atoms with Crippen LogP contribution in [0.5, 0.6) is 0 Å². The molecular weight excluding hydrogens is 240 g/mol. The minimum Gasteiger partial charge on any atom is -0.321 e. The second-order valence-electron chi connectivity index (χ2n) is 4.23. The molecule has 0 bridgehead atoms. The van der Waals surface area contributed by atoms with E-state index in [4.69, 9.17) is 5.84 Å². The Labute approximate surface area is 101 Å². The van der Waals surface area contributed by atoms with E-state index in [9.17, 15) is 8.42 Å². The first-order valence-electron chi connectivity index (χ1n) is 5.43. The number of nitrogens with one attached hydrogen (secondary N) is 1. The molecule has 0 amide bonds. The largest absolute Gasteiger partial charge is 0.321 e. The van der Waals surface area contributed by atoms with Crippen LogP contribution in [0.15, 0.2) is 23.4 Å². The summed E-state index contributed by atoms with van der Waals surface area (Å²) < 4.78 is 25.8. The first-order valence-corrected chi connectivity index (χ1v) is 6.87. The Hall–Kier alpha value is -1.18. The molecule has 1 heterocycles. The molecular formula is C10H16N4O2S. The zero-order chi connectivity index (χ0) is 12.5. The van der Waals surface area contributed by atoms with Gasteiger partial charge in [0, 0.05) is 19.8 Å². The number of hydrazine groups is 1. The highest BCUT2D eigenvalue weighted by molar-refractivity contribution is 7.89. The summed E-state index contributed by atoms with van der Waals surface area (Å²) >= 11 is 0. The van der Waals surface area contributed by atoms with Crippen LogP contribution in [0.2, 0.25) is 0 Å². The first-order chi connectivity index (χ1) is 8.05. The van der Waals surface area contributed by atoms with Crippen LogP contribution in [0, 0.1) is 5.92 Å². The summed E-state index contributed by atoms with van der Waals surface area (Å²) in [6, 6.07) is 3.22. The van der Waals surface area contributed by atoms with Crippen molar-refractivity contribution in [1.29, 1.82) is 0 Å². The minimum atomic E-state index is -3.56. The SMILES string of the molecule is CN(CC1CC1)S(=O)(=O)c1ncccc1NN. The van der Waals surface area contributed by atoms with Crippen LogP contribution in [0.4, 0.5) is 5.69 Å². The third-order valence-electron chi connectivity index (χ3n) is 2.79. The average molecular weight is 256 g/mol. The average Bonchev–Trinajstić information content (AvgIpc) is 3.12. The molecule has 3 N–H and O–H groups in total. The van der Waals surface area contributed by atoms with Crippen LogP contribution >= 0.6 is 0 Å². The summed E-state index contributed by atoms with van der Waals surface area (Å²) in [6.45, 7) is 0.545. The summed E-state index contributed by atoms with van der Waals surface area (Å²) in [6.07, 6.45) is 3.65. The quantitative estimate of drug-likeness (QED) is 0.588. The van der Waals surface area contributed by atoms with Gasteiger partial charge < -0.3 is 5.43 Å². The van der Waals surface area contributed by atoms with Crippen LogP contribution in [0.25, 0.3) is 0 Å². The number of hydrogen-bond acceptors (Lipinski definition) is 5. The van der Waals surface area contributed by atoms with Crippen LogP contribution < -0.4 is 11.3 Å². The van der Waals surface area contributed by atoms with E-state index in [1.165, 1.54) is 10.5 Å². The lowest BCUT2D eigenvalue weighted by atomic mass is 10.4. The fourth-order valence-corrected chi connectivity index (χ4v) is 2.92. The molecule has 1 aromatic heterocycles. The summed E-state index contributed by atoms with van der Waals surface area (Å²) in [5, 5.41) is -0.0225. The number of rotatable bonds is 5. The molecule has 1 aliphatic rings. The molecule has 0 radical (unpaired) electrons. The molecule has 94 valence electrons. The van der Waals surface area contributed by atoms with Crippen molar-refractivity contribution >= 4 is 15.7 Å². The fraction of sp³-hybridized carbons (Fsp3) is 0.500. The fourth-order valence-electron chi connectivity index (χ4n) is 1.62. The third-order valence-corrected chi connectivity index (χ3v) is 4.58.